The molecular formula is C23H24FN3O2. The summed E-state index contributed by atoms with van der Waals surface area (Å²) < 4.78 is 13.8. The number of fused-ring (bicyclic) bond motifs is 2. The Bertz CT molecular complexity index is 1180. The Morgan fingerprint density at radius 3 is 2.69 bits per heavy atom. The van der Waals surface area contributed by atoms with Gasteiger partial charge in [0, 0.05) is 41.8 Å². The second-order valence-electron chi connectivity index (χ2n) is 7.86. The first kappa shape index (κ1) is 19.3. The third-order valence-corrected chi connectivity index (χ3v) is 5.68. The molecule has 0 aliphatic carbocycles. The highest BCUT2D eigenvalue weighted by atomic mass is 19.1. The molecule has 1 aliphatic heterocycles. The highest BCUT2D eigenvalue weighted by molar-refractivity contribution is 5.92. The van der Waals surface area contributed by atoms with Crippen molar-refractivity contribution in [2.45, 2.75) is 33.7 Å². The van der Waals surface area contributed by atoms with Gasteiger partial charge in [-0.2, -0.15) is 0 Å². The van der Waals surface area contributed by atoms with Crippen molar-refractivity contribution in [2.24, 2.45) is 0 Å². The maximum Gasteiger partial charge on any atom is 0.238 e. The van der Waals surface area contributed by atoms with Crippen LogP contribution in [0.25, 0.3) is 10.9 Å². The molecule has 1 amide bonds. The van der Waals surface area contributed by atoms with Crippen LogP contribution in [-0.2, 0) is 17.8 Å². The molecule has 0 unspecified atom stereocenters. The van der Waals surface area contributed by atoms with Gasteiger partial charge in [-0.1, -0.05) is 6.07 Å². The van der Waals surface area contributed by atoms with Crippen LogP contribution in [0.4, 0.5) is 10.1 Å². The van der Waals surface area contributed by atoms with E-state index in [1.54, 1.807) is 6.92 Å². The van der Waals surface area contributed by atoms with E-state index in [0.29, 0.717) is 36.0 Å². The lowest BCUT2D eigenvalue weighted by atomic mass is 10.0. The predicted octanol–water partition coefficient (Wildman–Crippen LogP) is 3.59. The highest BCUT2D eigenvalue weighted by Crippen LogP contribution is 2.21. The van der Waals surface area contributed by atoms with Crippen LogP contribution in [0.5, 0.6) is 0 Å². The number of aromatic nitrogens is 1. The van der Waals surface area contributed by atoms with E-state index in [2.05, 4.69) is 10.3 Å². The zero-order valence-electron chi connectivity index (χ0n) is 16.9. The van der Waals surface area contributed by atoms with Gasteiger partial charge in [0.15, 0.2) is 5.43 Å². The minimum Gasteiger partial charge on any atom is -0.358 e. The molecule has 0 saturated carbocycles. The molecule has 29 heavy (non-hydrogen) atoms. The Balaban J connectivity index is 1.53. The second kappa shape index (κ2) is 7.44. The lowest BCUT2D eigenvalue weighted by Gasteiger charge is -2.28. The first-order valence-electron chi connectivity index (χ1n) is 9.75. The number of pyridine rings is 1. The minimum atomic E-state index is -0.416. The molecule has 0 radical (unpaired) electrons. The van der Waals surface area contributed by atoms with Gasteiger partial charge in [-0.3, -0.25) is 14.5 Å². The maximum atomic E-state index is 13.8. The van der Waals surface area contributed by atoms with Gasteiger partial charge in [-0.15, -0.1) is 0 Å². The average Bonchev–Trinajstić information content (AvgIpc) is 2.66. The topological polar surface area (TPSA) is 65.2 Å². The molecule has 0 atom stereocenters. The number of aryl methyl sites for hydroxylation is 3. The van der Waals surface area contributed by atoms with Crippen molar-refractivity contribution in [3.8, 4) is 0 Å². The van der Waals surface area contributed by atoms with E-state index >= 15 is 0 Å². The van der Waals surface area contributed by atoms with Crippen LogP contribution in [0.3, 0.4) is 0 Å². The normalized spacial score (nSPS) is 14.1. The Morgan fingerprint density at radius 2 is 1.93 bits per heavy atom. The van der Waals surface area contributed by atoms with Gasteiger partial charge in [-0.25, -0.2) is 4.39 Å². The third-order valence-electron chi connectivity index (χ3n) is 5.68. The molecule has 4 rings (SSSR count). The zero-order valence-corrected chi connectivity index (χ0v) is 16.9. The van der Waals surface area contributed by atoms with Crippen LogP contribution >= 0.6 is 0 Å². The monoisotopic (exact) mass is 393 g/mol. The molecular weight excluding hydrogens is 369 g/mol. The molecule has 2 aromatic carbocycles. The molecule has 6 heteroatoms. The number of hydrogen-bond donors (Lipinski definition) is 2. The summed E-state index contributed by atoms with van der Waals surface area (Å²) in [7, 11) is 0. The fourth-order valence-corrected chi connectivity index (χ4v) is 3.93. The van der Waals surface area contributed by atoms with Crippen LogP contribution in [0.2, 0.25) is 0 Å². The van der Waals surface area contributed by atoms with E-state index in [9.17, 15) is 14.0 Å². The molecule has 0 spiro atoms. The Morgan fingerprint density at radius 1 is 1.14 bits per heavy atom. The Labute approximate surface area is 168 Å². The van der Waals surface area contributed by atoms with Gasteiger partial charge in [0.25, 0.3) is 0 Å². The molecule has 0 bridgehead atoms. The number of carbonyl (C=O) groups excluding carboxylic acids is 1. The molecule has 0 fully saturated rings. The van der Waals surface area contributed by atoms with Crippen molar-refractivity contribution in [2.75, 3.05) is 18.4 Å². The molecule has 1 aliphatic rings. The number of hydrogen-bond acceptors (Lipinski definition) is 3. The lowest BCUT2D eigenvalue weighted by Crippen LogP contribution is -2.39. The van der Waals surface area contributed by atoms with Crippen molar-refractivity contribution in [3.05, 3.63) is 74.3 Å². The van der Waals surface area contributed by atoms with E-state index in [1.165, 1.54) is 17.7 Å². The number of nitrogens with one attached hydrogen (secondary N) is 2. The fraction of sp³-hybridized carbons (Fsp3) is 0.304. The lowest BCUT2D eigenvalue weighted by molar-refractivity contribution is -0.117. The van der Waals surface area contributed by atoms with Crippen molar-refractivity contribution >= 4 is 22.5 Å². The number of anilines is 1. The van der Waals surface area contributed by atoms with E-state index in [-0.39, 0.29) is 17.9 Å². The summed E-state index contributed by atoms with van der Waals surface area (Å²) in [5.41, 5.74) is 5.81. The Kier molecular flexibility index (Phi) is 4.96. The third kappa shape index (κ3) is 3.80. The predicted molar refractivity (Wildman–Crippen MR) is 113 cm³/mol. The molecule has 2 N–H and O–H groups in total. The van der Waals surface area contributed by atoms with Crippen LogP contribution in [0.1, 0.15) is 27.9 Å². The quantitative estimate of drug-likeness (QED) is 0.715. The number of halogens is 1. The molecule has 5 nitrogen and oxygen atoms in total. The SMILES string of the molecule is Cc1ccc(NC(=O)CN2CCc3[nH]c4c(C)cc(F)cc4c(=O)c3C2)cc1C. The van der Waals surface area contributed by atoms with Crippen molar-refractivity contribution in [1.29, 1.82) is 0 Å². The maximum absolute atomic E-state index is 13.8. The van der Waals surface area contributed by atoms with Gasteiger partial charge in [-0.05, 0) is 61.7 Å². The van der Waals surface area contributed by atoms with Gasteiger partial charge >= 0.3 is 0 Å². The number of H-pyrrole nitrogens is 1. The van der Waals surface area contributed by atoms with Crippen LogP contribution in [0.15, 0.2) is 35.1 Å². The molecule has 150 valence electrons. The largest absolute Gasteiger partial charge is 0.358 e. The average molecular weight is 393 g/mol. The van der Waals surface area contributed by atoms with E-state index in [4.69, 9.17) is 0 Å². The molecule has 0 saturated heterocycles. The summed E-state index contributed by atoms with van der Waals surface area (Å²) in [5.74, 6) is -0.531. The molecule has 3 aromatic rings. The smallest absolute Gasteiger partial charge is 0.238 e. The minimum absolute atomic E-state index is 0.115. The van der Waals surface area contributed by atoms with Crippen LogP contribution < -0.4 is 10.7 Å². The number of aromatic amines is 1. The van der Waals surface area contributed by atoms with Crippen molar-refractivity contribution < 1.29 is 9.18 Å². The first-order chi connectivity index (χ1) is 13.8. The standard InChI is InChI=1S/C23H24FN3O2/c1-13-4-5-17(9-14(13)2)25-21(28)12-27-7-6-20-19(11-27)23(29)18-10-16(24)8-15(3)22(18)26-20/h4-5,8-10H,6-7,11-12H2,1-3H3,(H,25,28)(H,26,29). The van der Waals surface area contributed by atoms with Gasteiger partial charge in [0.05, 0.1) is 12.1 Å². The highest BCUT2D eigenvalue weighted by Gasteiger charge is 2.23. The summed E-state index contributed by atoms with van der Waals surface area (Å²) in [4.78, 5) is 30.7. The summed E-state index contributed by atoms with van der Waals surface area (Å²) in [6.07, 6.45) is 0.647. The van der Waals surface area contributed by atoms with Crippen molar-refractivity contribution in [1.82, 2.24) is 9.88 Å². The van der Waals surface area contributed by atoms with Gasteiger partial charge in [0.1, 0.15) is 5.82 Å². The van der Waals surface area contributed by atoms with Gasteiger partial charge < -0.3 is 10.3 Å². The zero-order chi connectivity index (χ0) is 20.7. The van der Waals surface area contributed by atoms with E-state index < -0.39 is 5.82 Å². The van der Waals surface area contributed by atoms with Crippen LogP contribution in [-0.4, -0.2) is 28.9 Å². The number of carbonyl (C=O) groups is 1. The summed E-state index contributed by atoms with van der Waals surface area (Å²) in [6.45, 7) is 7.08. The van der Waals surface area contributed by atoms with Crippen molar-refractivity contribution in [3.63, 3.8) is 0 Å². The second-order valence-corrected chi connectivity index (χ2v) is 7.86. The number of amides is 1. The van der Waals surface area contributed by atoms with Crippen LogP contribution in [0, 0.1) is 26.6 Å². The van der Waals surface area contributed by atoms with E-state index in [0.717, 1.165) is 22.5 Å². The molecule has 2 heterocycles. The summed E-state index contributed by atoms with van der Waals surface area (Å²) in [6, 6.07) is 8.53. The number of nitrogens with zero attached hydrogens (tertiary/aromatic N) is 1. The van der Waals surface area contributed by atoms with E-state index in [1.807, 2.05) is 36.9 Å². The number of rotatable bonds is 3. The van der Waals surface area contributed by atoms with Gasteiger partial charge in [0.2, 0.25) is 5.91 Å². The fourth-order valence-electron chi connectivity index (χ4n) is 3.93. The first-order valence-corrected chi connectivity index (χ1v) is 9.75. The summed E-state index contributed by atoms with van der Waals surface area (Å²) >= 11 is 0. The summed E-state index contributed by atoms with van der Waals surface area (Å²) in [5, 5.41) is 3.29. The number of benzene rings is 2. The Hall–Kier alpha value is -2.99. The molecule has 1 aromatic heterocycles.